The van der Waals surface area contributed by atoms with Crippen molar-refractivity contribution in [3.63, 3.8) is 0 Å². The molecule has 7 heteroatoms. The van der Waals surface area contributed by atoms with Crippen molar-refractivity contribution in [2.75, 3.05) is 13.2 Å². The minimum Gasteiger partial charge on any atom is -0.460 e. The van der Waals surface area contributed by atoms with Crippen LogP contribution in [0.4, 0.5) is 0 Å². The Hall–Kier alpha value is -1.99. The normalized spacial score (nSPS) is 11.7. The first kappa shape index (κ1) is 18.3. The quantitative estimate of drug-likeness (QED) is 0.437. The molecule has 0 aliphatic heterocycles. The molecule has 0 aliphatic carbocycles. The zero-order valence-corrected chi connectivity index (χ0v) is 15.7. The van der Waals surface area contributed by atoms with E-state index in [1.165, 1.54) is 4.57 Å². The van der Waals surface area contributed by atoms with Crippen LogP contribution in [-0.2, 0) is 16.2 Å². The van der Waals surface area contributed by atoms with E-state index in [1.807, 2.05) is 0 Å². The topological polar surface area (TPSA) is 70.4 Å². The fourth-order valence-corrected chi connectivity index (χ4v) is 2.93. The monoisotopic (exact) mass is 348 g/mol. The minimum absolute atomic E-state index is 0.00467. The van der Waals surface area contributed by atoms with Crippen molar-refractivity contribution >= 4 is 24.9 Å². The number of benzene rings is 1. The molecule has 1 aromatic heterocycles. The van der Waals surface area contributed by atoms with Gasteiger partial charge in [0, 0.05) is 14.7 Å². The molecule has 2 aromatic rings. The third-order valence-corrected chi connectivity index (χ3v) is 5.24. The van der Waals surface area contributed by atoms with Crippen LogP contribution in [0.3, 0.4) is 0 Å². The van der Waals surface area contributed by atoms with E-state index in [2.05, 4.69) is 24.6 Å². The van der Waals surface area contributed by atoms with Gasteiger partial charge in [0.05, 0.1) is 17.5 Å². The molecule has 0 amide bonds. The predicted octanol–water partition coefficient (Wildman–Crippen LogP) is 2.89. The molecule has 0 fully saturated rings. The molecular formula is C17H24N2O4Si. The van der Waals surface area contributed by atoms with Gasteiger partial charge in [0.1, 0.15) is 6.73 Å². The van der Waals surface area contributed by atoms with Gasteiger partial charge in [0.15, 0.2) is 0 Å². The minimum atomic E-state index is -1.22. The average molecular weight is 348 g/mol. The summed E-state index contributed by atoms with van der Waals surface area (Å²) in [5.41, 5.74) is 0.181. The highest BCUT2D eigenvalue weighted by Crippen LogP contribution is 2.11. The van der Waals surface area contributed by atoms with Crippen LogP contribution in [0, 0.1) is 0 Å². The van der Waals surface area contributed by atoms with E-state index in [0.29, 0.717) is 17.5 Å². The van der Waals surface area contributed by atoms with Gasteiger partial charge in [-0.05, 0) is 25.1 Å². The Morgan fingerprint density at radius 1 is 1.25 bits per heavy atom. The summed E-state index contributed by atoms with van der Waals surface area (Å²) in [6.07, 6.45) is 0. The first-order chi connectivity index (χ1) is 11.3. The van der Waals surface area contributed by atoms with Crippen molar-refractivity contribution < 1.29 is 14.3 Å². The number of aromatic nitrogens is 2. The summed E-state index contributed by atoms with van der Waals surface area (Å²) in [5.74, 6) is -0.636. The lowest BCUT2D eigenvalue weighted by Gasteiger charge is -2.17. The molecule has 0 saturated heterocycles. The Labute approximate surface area is 142 Å². The van der Waals surface area contributed by atoms with E-state index in [9.17, 15) is 9.59 Å². The third-order valence-electron chi connectivity index (χ3n) is 3.54. The molecule has 1 heterocycles. The number of hydrogen-bond acceptors (Lipinski definition) is 5. The largest absolute Gasteiger partial charge is 0.460 e. The van der Waals surface area contributed by atoms with E-state index in [0.717, 1.165) is 6.04 Å². The average Bonchev–Trinajstić information content (AvgIpc) is 2.52. The Morgan fingerprint density at radius 3 is 2.62 bits per heavy atom. The van der Waals surface area contributed by atoms with Gasteiger partial charge in [0.2, 0.25) is 5.82 Å². The van der Waals surface area contributed by atoms with Gasteiger partial charge in [-0.2, -0.15) is 0 Å². The zero-order chi connectivity index (χ0) is 17.7. The SMILES string of the molecule is CCOC(=O)c1nc2ccccc2c(=O)n1COCC[Si](C)(C)C. The number of rotatable bonds is 7. The molecule has 2 rings (SSSR count). The maximum atomic E-state index is 12.7. The Balaban J connectivity index is 2.34. The molecule has 0 unspecified atom stereocenters. The summed E-state index contributed by atoms with van der Waals surface area (Å²) in [6.45, 7) is 9.24. The Morgan fingerprint density at radius 2 is 1.96 bits per heavy atom. The lowest BCUT2D eigenvalue weighted by Crippen LogP contribution is -2.30. The van der Waals surface area contributed by atoms with Gasteiger partial charge < -0.3 is 9.47 Å². The highest BCUT2D eigenvalue weighted by atomic mass is 28.3. The molecule has 0 aliphatic rings. The summed E-state index contributed by atoms with van der Waals surface area (Å²) in [6, 6.07) is 7.93. The van der Waals surface area contributed by atoms with E-state index >= 15 is 0 Å². The summed E-state index contributed by atoms with van der Waals surface area (Å²) in [4.78, 5) is 29.2. The van der Waals surface area contributed by atoms with Crippen molar-refractivity contribution in [1.29, 1.82) is 0 Å². The number of carbonyl (C=O) groups excluding carboxylic acids is 1. The smallest absolute Gasteiger partial charge is 0.374 e. The number of hydrogen-bond donors (Lipinski definition) is 0. The second-order valence-corrected chi connectivity index (χ2v) is 12.4. The van der Waals surface area contributed by atoms with Crippen LogP contribution in [0.15, 0.2) is 29.1 Å². The van der Waals surface area contributed by atoms with Crippen LogP contribution in [-0.4, -0.2) is 36.8 Å². The molecule has 0 bridgehead atoms. The lowest BCUT2D eigenvalue weighted by molar-refractivity contribution is 0.0454. The van der Waals surface area contributed by atoms with Gasteiger partial charge in [-0.15, -0.1) is 0 Å². The standard InChI is InChI=1S/C17H24N2O4Si/c1-5-23-17(21)15-18-14-9-7-6-8-13(14)16(20)19(15)12-22-10-11-24(2,3)4/h6-9H,5,10-12H2,1-4H3. The van der Waals surface area contributed by atoms with Gasteiger partial charge >= 0.3 is 5.97 Å². The molecule has 1 aromatic carbocycles. The molecule has 0 radical (unpaired) electrons. The second-order valence-electron chi connectivity index (χ2n) is 6.75. The van der Waals surface area contributed by atoms with Crippen LogP contribution in [0.5, 0.6) is 0 Å². The number of para-hydroxylation sites is 1. The fourth-order valence-electron chi connectivity index (χ4n) is 2.17. The van der Waals surface area contributed by atoms with Crippen LogP contribution < -0.4 is 5.56 Å². The Kier molecular flexibility index (Phi) is 5.90. The van der Waals surface area contributed by atoms with Gasteiger partial charge in [-0.25, -0.2) is 9.78 Å². The van der Waals surface area contributed by atoms with Crippen LogP contribution in [0.25, 0.3) is 10.9 Å². The van der Waals surface area contributed by atoms with E-state index in [1.54, 1.807) is 31.2 Å². The van der Waals surface area contributed by atoms with Gasteiger partial charge in [-0.3, -0.25) is 9.36 Å². The third kappa shape index (κ3) is 4.52. The summed E-state index contributed by atoms with van der Waals surface area (Å²) < 4.78 is 11.9. The number of carbonyl (C=O) groups is 1. The molecule has 0 saturated carbocycles. The zero-order valence-electron chi connectivity index (χ0n) is 14.7. The molecule has 0 N–H and O–H groups in total. The summed E-state index contributed by atoms with van der Waals surface area (Å²) >= 11 is 0. The lowest BCUT2D eigenvalue weighted by atomic mass is 10.2. The van der Waals surface area contributed by atoms with Gasteiger partial charge in [0.25, 0.3) is 5.56 Å². The summed E-state index contributed by atoms with van der Waals surface area (Å²) in [5, 5.41) is 0.458. The van der Waals surface area contributed by atoms with E-state index < -0.39 is 14.0 Å². The van der Waals surface area contributed by atoms with Crippen LogP contribution in [0.1, 0.15) is 17.5 Å². The van der Waals surface area contributed by atoms with Gasteiger partial charge in [-0.1, -0.05) is 31.8 Å². The molecule has 6 nitrogen and oxygen atoms in total. The Bertz CT molecular complexity index is 780. The number of fused-ring (bicyclic) bond motifs is 1. The summed E-state index contributed by atoms with van der Waals surface area (Å²) in [7, 11) is -1.22. The number of esters is 1. The van der Waals surface area contributed by atoms with Crippen LogP contribution >= 0.6 is 0 Å². The highest BCUT2D eigenvalue weighted by Gasteiger charge is 2.19. The van der Waals surface area contributed by atoms with Crippen molar-refractivity contribution in [3.8, 4) is 0 Å². The molecule has 24 heavy (non-hydrogen) atoms. The molecular weight excluding hydrogens is 324 g/mol. The number of nitrogens with zero attached hydrogens (tertiary/aromatic N) is 2. The maximum Gasteiger partial charge on any atom is 0.374 e. The molecule has 130 valence electrons. The maximum absolute atomic E-state index is 12.7. The van der Waals surface area contributed by atoms with Crippen molar-refractivity contribution in [2.45, 2.75) is 39.3 Å². The molecule has 0 spiro atoms. The molecule has 0 atom stereocenters. The first-order valence-electron chi connectivity index (χ1n) is 8.08. The van der Waals surface area contributed by atoms with E-state index in [4.69, 9.17) is 9.47 Å². The van der Waals surface area contributed by atoms with E-state index in [-0.39, 0.29) is 24.7 Å². The van der Waals surface area contributed by atoms with Crippen LogP contribution in [0.2, 0.25) is 25.7 Å². The van der Waals surface area contributed by atoms with Crippen molar-refractivity contribution in [2.24, 2.45) is 0 Å². The second kappa shape index (κ2) is 7.72. The first-order valence-corrected chi connectivity index (χ1v) is 11.8. The van der Waals surface area contributed by atoms with Crippen molar-refractivity contribution in [1.82, 2.24) is 9.55 Å². The number of ether oxygens (including phenoxy) is 2. The fraction of sp³-hybridized carbons (Fsp3) is 0.471. The predicted molar refractivity (Wildman–Crippen MR) is 96.1 cm³/mol. The van der Waals surface area contributed by atoms with Crippen molar-refractivity contribution in [3.05, 3.63) is 40.4 Å². The highest BCUT2D eigenvalue weighted by molar-refractivity contribution is 6.76.